The van der Waals surface area contributed by atoms with E-state index >= 15 is 0 Å². The summed E-state index contributed by atoms with van der Waals surface area (Å²) in [5, 5.41) is 9.12. The molecule has 1 N–H and O–H groups in total. The van der Waals surface area contributed by atoms with E-state index in [1.54, 1.807) is 6.92 Å². The number of hydrogen-bond acceptors (Lipinski definition) is 3. The topological polar surface area (TPSA) is 60.9 Å². The molecule has 1 aliphatic carbocycles. The van der Waals surface area contributed by atoms with E-state index < -0.39 is 12.0 Å². The zero-order valence-corrected chi connectivity index (χ0v) is 12.3. The van der Waals surface area contributed by atoms with Crippen molar-refractivity contribution >= 4 is 11.9 Å². The van der Waals surface area contributed by atoms with Crippen LogP contribution in [0.3, 0.4) is 0 Å². The standard InChI is InChI=1S/C14H26N2O3/c1-4-8-15(9-5-2)13(17)10-16(12-6-7-12)11(3)14(18)19/h11-12H,4-10H2,1-3H3,(H,18,19). The van der Waals surface area contributed by atoms with E-state index in [4.69, 9.17) is 5.11 Å². The lowest BCUT2D eigenvalue weighted by atomic mass is 10.2. The SMILES string of the molecule is CCCN(CCC)C(=O)CN(C1CC1)C(C)C(=O)O. The zero-order chi connectivity index (χ0) is 14.4. The second-order valence-electron chi connectivity index (χ2n) is 5.30. The molecule has 1 unspecified atom stereocenters. The molecule has 1 atom stereocenters. The van der Waals surface area contributed by atoms with Crippen molar-refractivity contribution < 1.29 is 14.7 Å². The minimum Gasteiger partial charge on any atom is -0.480 e. The van der Waals surface area contributed by atoms with Gasteiger partial charge in [0.25, 0.3) is 0 Å². The maximum absolute atomic E-state index is 12.3. The summed E-state index contributed by atoms with van der Waals surface area (Å²) in [5.74, 6) is -0.791. The van der Waals surface area contributed by atoms with Crippen molar-refractivity contribution in [1.82, 2.24) is 9.80 Å². The molecule has 0 aromatic rings. The lowest BCUT2D eigenvalue weighted by Gasteiger charge is -2.29. The third kappa shape index (κ3) is 4.82. The van der Waals surface area contributed by atoms with Gasteiger partial charge in [-0.2, -0.15) is 0 Å². The fourth-order valence-electron chi connectivity index (χ4n) is 2.29. The molecule has 0 saturated heterocycles. The van der Waals surface area contributed by atoms with E-state index in [9.17, 15) is 9.59 Å². The predicted octanol–water partition coefficient (Wildman–Crippen LogP) is 1.57. The first-order chi connectivity index (χ1) is 9.01. The van der Waals surface area contributed by atoms with Gasteiger partial charge in [0.2, 0.25) is 5.91 Å². The smallest absolute Gasteiger partial charge is 0.320 e. The van der Waals surface area contributed by atoms with E-state index in [0.717, 1.165) is 38.8 Å². The third-order valence-electron chi connectivity index (χ3n) is 3.53. The molecule has 0 spiro atoms. The van der Waals surface area contributed by atoms with Gasteiger partial charge in [0.05, 0.1) is 6.54 Å². The summed E-state index contributed by atoms with van der Waals surface area (Å²) in [6.07, 6.45) is 3.88. The summed E-state index contributed by atoms with van der Waals surface area (Å²) in [6.45, 7) is 7.51. The molecular weight excluding hydrogens is 244 g/mol. The van der Waals surface area contributed by atoms with Gasteiger partial charge in [-0.3, -0.25) is 14.5 Å². The number of carboxylic acids is 1. The number of carbonyl (C=O) groups excluding carboxylic acids is 1. The molecule has 110 valence electrons. The number of hydrogen-bond donors (Lipinski definition) is 1. The van der Waals surface area contributed by atoms with Gasteiger partial charge in [-0.15, -0.1) is 0 Å². The van der Waals surface area contributed by atoms with Crippen molar-refractivity contribution in [3.63, 3.8) is 0 Å². The monoisotopic (exact) mass is 270 g/mol. The lowest BCUT2D eigenvalue weighted by Crippen LogP contribution is -2.47. The highest BCUT2D eigenvalue weighted by atomic mass is 16.4. The van der Waals surface area contributed by atoms with Crippen molar-refractivity contribution in [1.29, 1.82) is 0 Å². The van der Waals surface area contributed by atoms with Crippen LogP contribution in [0, 0.1) is 0 Å². The van der Waals surface area contributed by atoms with Crippen LogP contribution in [-0.2, 0) is 9.59 Å². The first-order valence-corrected chi connectivity index (χ1v) is 7.27. The number of carboxylic acid groups (broad SMARTS) is 1. The molecule has 0 radical (unpaired) electrons. The van der Waals surface area contributed by atoms with Crippen molar-refractivity contribution in [2.24, 2.45) is 0 Å². The Balaban J connectivity index is 2.61. The Labute approximate surface area is 115 Å². The molecule has 1 aliphatic rings. The van der Waals surface area contributed by atoms with E-state index in [2.05, 4.69) is 13.8 Å². The number of nitrogens with zero attached hydrogens (tertiary/aromatic N) is 2. The van der Waals surface area contributed by atoms with Gasteiger partial charge in [0, 0.05) is 19.1 Å². The molecule has 0 aliphatic heterocycles. The first kappa shape index (κ1) is 16.0. The van der Waals surface area contributed by atoms with Crippen LogP contribution in [0.4, 0.5) is 0 Å². The molecule has 5 nitrogen and oxygen atoms in total. The van der Waals surface area contributed by atoms with Crippen LogP contribution in [-0.4, -0.2) is 58.5 Å². The normalized spacial score (nSPS) is 16.4. The van der Waals surface area contributed by atoms with Crippen molar-refractivity contribution in [3.8, 4) is 0 Å². The van der Waals surface area contributed by atoms with Gasteiger partial charge < -0.3 is 10.0 Å². The Morgan fingerprint density at radius 3 is 2.11 bits per heavy atom. The predicted molar refractivity (Wildman–Crippen MR) is 74.0 cm³/mol. The highest BCUT2D eigenvalue weighted by Crippen LogP contribution is 2.28. The Kier molecular flexibility index (Phi) is 6.28. The van der Waals surface area contributed by atoms with E-state index in [1.807, 2.05) is 9.80 Å². The molecule has 0 aromatic heterocycles. The number of rotatable bonds is 9. The second kappa shape index (κ2) is 7.48. The Morgan fingerprint density at radius 1 is 1.21 bits per heavy atom. The number of aliphatic carboxylic acids is 1. The highest BCUT2D eigenvalue weighted by molar-refractivity contribution is 5.80. The second-order valence-corrected chi connectivity index (χ2v) is 5.30. The minimum atomic E-state index is -0.850. The van der Waals surface area contributed by atoms with E-state index in [-0.39, 0.29) is 18.5 Å². The minimum absolute atomic E-state index is 0.0590. The average Bonchev–Trinajstić information content (AvgIpc) is 3.18. The van der Waals surface area contributed by atoms with Crippen LogP contribution in [0.15, 0.2) is 0 Å². The first-order valence-electron chi connectivity index (χ1n) is 7.27. The Morgan fingerprint density at radius 2 is 1.74 bits per heavy atom. The van der Waals surface area contributed by atoms with Crippen LogP contribution in [0.25, 0.3) is 0 Å². The molecular formula is C14H26N2O3. The van der Waals surface area contributed by atoms with Crippen LogP contribution >= 0.6 is 0 Å². The Bertz CT molecular complexity index is 310. The van der Waals surface area contributed by atoms with Crippen LogP contribution in [0.5, 0.6) is 0 Å². The fraction of sp³-hybridized carbons (Fsp3) is 0.857. The molecule has 1 rings (SSSR count). The molecule has 0 heterocycles. The summed E-state index contributed by atoms with van der Waals surface area (Å²) in [4.78, 5) is 27.1. The van der Waals surface area contributed by atoms with Gasteiger partial charge >= 0.3 is 5.97 Å². The van der Waals surface area contributed by atoms with Crippen molar-refractivity contribution in [2.75, 3.05) is 19.6 Å². The summed E-state index contributed by atoms with van der Waals surface area (Å²) in [7, 11) is 0. The van der Waals surface area contributed by atoms with Crippen molar-refractivity contribution in [2.45, 2.75) is 58.5 Å². The van der Waals surface area contributed by atoms with Crippen molar-refractivity contribution in [3.05, 3.63) is 0 Å². The van der Waals surface area contributed by atoms with Crippen LogP contribution in [0.2, 0.25) is 0 Å². The largest absolute Gasteiger partial charge is 0.480 e. The molecule has 19 heavy (non-hydrogen) atoms. The van der Waals surface area contributed by atoms with E-state index in [0.29, 0.717) is 0 Å². The molecule has 0 bridgehead atoms. The van der Waals surface area contributed by atoms with Gasteiger partial charge in [-0.1, -0.05) is 13.8 Å². The van der Waals surface area contributed by atoms with Crippen LogP contribution < -0.4 is 0 Å². The lowest BCUT2D eigenvalue weighted by molar-refractivity contribution is -0.144. The molecule has 0 aromatic carbocycles. The summed E-state index contributed by atoms with van der Waals surface area (Å²) >= 11 is 0. The zero-order valence-electron chi connectivity index (χ0n) is 12.3. The van der Waals surface area contributed by atoms with E-state index in [1.165, 1.54) is 0 Å². The number of carbonyl (C=O) groups is 2. The molecule has 1 saturated carbocycles. The molecule has 5 heteroatoms. The summed E-state index contributed by atoms with van der Waals surface area (Å²) in [5.41, 5.74) is 0. The quantitative estimate of drug-likeness (QED) is 0.691. The summed E-state index contributed by atoms with van der Waals surface area (Å²) < 4.78 is 0. The average molecular weight is 270 g/mol. The van der Waals surface area contributed by atoms with Gasteiger partial charge in [-0.05, 0) is 32.6 Å². The van der Waals surface area contributed by atoms with Crippen LogP contribution in [0.1, 0.15) is 46.5 Å². The van der Waals surface area contributed by atoms with Gasteiger partial charge in [0.15, 0.2) is 0 Å². The maximum atomic E-state index is 12.3. The fourth-order valence-corrected chi connectivity index (χ4v) is 2.29. The van der Waals surface area contributed by atoms with Gasteiger partial charge in [-0.25, -0.2) is 0 Å². The molecule has 1 amide bonds. The third-order valence-corrected chi connectivity index (χ3v) is 3.53. The highest BCUT2D eigenvalue weighted by Gasteiger charge is 2.36. The summed E-state index contributed by atoms with van der Waals surface area (Å²) in [6, 6.07) is -0.304. The Hall–Kier alpha value is -1.10. The maximum Gasteiger partial charge on any atom is 0.320 e. The molecule has 1 fully saturated rings. The number of amides is 1. The van der Waals surface area contributed by atoms with Gasteiger partial charge in [0.1, 0.15) is 6.04 Å².